The summed E-state index contributed by atoms with van der Waals surface area (Å²) in [6.45, 7) is 2.18. The third kappa shape index (κ3) is 4.89. The number of carbonyl (C=O) groups is 1. The number of amides is 1. The molecule has 3 rings (SSSR count). The third-order valence-corrected chi connectivity index (χ3v) is 4.39. The average molecular weight is 377 g/mol. The molecule has 7 nitrogen and oxygen atoms in total. The van der Waals surface area contributed by atoms with E-state index in [2.05, 4.69) is 20.3 Å². The van der Waals surface area contributed by atoms with Crippen molar-refractivity contribution in [1.82, 2.24) is 19.9 Å². The second-order valence-electron chi connectivity index (χ2n) is 6.33. The van der Waals surface area contributed by atoms with Crippen LogP contribution in [-0.4, -0.2) is 43.5 Å². The van der Waals surface area contributed by atoms with Gasteiger partial charge in [0.15, 0.2) is 0 Å². The number of hydrogen-bond donors (Lipinski definition) is 2. The van der Waals surface area contributed by atoms with E-state index in [-0.39, 0.29) is 18.6 Å². The molecule has 1 unspecified atom stereocenters. The maximum atomic E-state index is 13.1. The number of aliphatic hydroxyl groups excluding tert-OH is 1. The zero-order valence-corrected chi connectivity index (χ0v) is 15.7. The fourth-order valence-electron chi connectivity index (χ4n) is 2.82. The molecule has 2 aromatic heterocycles. The molecular formula is C21H23N5O2. The summed E-state index contributed by atoms with van der Waals surface area (Å²) >= 11 is 0. The lowest BCUT2D eigenvalue weighted by molar-refractivity contribution is 0.0562. The van der Waals surface area contributed by atoms with E-state index in [9.17, 15) is 9.90 Å². The van der Waals surface area contributed by atoms with Gasteiger partial charge in [0.25, 0.3) is 5.91 Å². The predicted octanol–water partition coefficient (Wildman–Crippen LogP) is 3.03. The molecule has 2 N–H and O–H groups in total. The van der Waals surface area contributed by atoms with E-state index in [4.69, 9.17) is 0 Å². The predicted molar refractivity (Wildman–Crippen MR) is 107 cm³/mol. The van der Waals surface area contributed by atoms with Crippen LogP contribution in [0, 0.1) is 0 Å². The molecule has 2 heterocycles. The average Bonchev–Trinajstić information content (AvgIpc) is 2.75. The minimum atomic E-state index is -0.296. The van der Waals surface area contributed by atoms with Crippen LogP contribution in [-0.2, 0) is 6.54 Å². The lowest BCUT2D eigenvalue weighted by atomic mass is 10.1. The van der Waals surface area contributed by atoms with Crippen LogP contribution in [0.2, 0.25) is 0 Å². The molecule has 0 saturated carbocycles. The van der Waals surface area contributed by atoms with Crippen molar-refractivity contribution < 1.29 is 9.90 Å². The van der Waals surface area contributed by atoms with Crippen LogP contribution in [0.5, 0.6) is 0 Å². The van der Waals surface area contributed by atoms with E-state index in [0.29, 0.717) is 24.5 Å². The van der Waals surface area contributed by atoms with Crippen LogP contribution in [0.1, 0.15) is 29.3 Å². The molecular weight excluding hydrogens is 354 g/mol. The summed E-state index contributed by atoms with van der Waals surface area (Å²) < 4.78 is 0. The van der Waals surface area contributed by atoms with Gasteiger partial charge >= 0.3 is 0 Å². The molecule has 1 amide bonds. The van der Waals surface area contributed by atoms with Crippen LogP contribution >= 0.6 is 0 Å². The Kier molecular flexibility index (Phi) is 6.64. The number of aromatic nitrogens is 3. The highest BCUT2D eigenvalue weighted by Crippen LogP contribution is 2.16. The van der Waals surface area contributed by atoms with Crippen molar-refractivity contribution in [3.8, 4) is 0 Å². The molecule has 1 atom stereocenters. The SMILES string of the molecule is CCC(CO)N(Cc1cccnc1)C(=O)c1cnc(Nc2ccccc2)nc1. The Morgan fingerprint density at radius 2 is 1.86 bits per heavy atom. The normalized spacial score (nSPS) is 11.6. The fourth-order valence-corrected chi connectivity index (χ4v) is 2.82. The molecule has 0 spiro atoms. The van der Waals surface area contributed by atoms with E-state index < -0.39 is 0 Å². The van der Waals surface area contributed by atoms with Crippen molar-refractivity contribution in [1.29, 1.82) is 0 Å². The van der Waals surface area contributed by atoms with Gasteiger partial charge in [0.05, 0.1) is 18.2 Å². The molecule has 3 aromatic rings. The van der Waals surface area contributed by atoms with E-state index in [1.54, 1.807) is 17.3 Å². The van der Waals surface area contributed by atoms with Crippen molar-refractivity contribution in [3.05, 3.63) is 78.4 Å². The largest absolute Gasteiger partial charge is 0.394 e. The summed E-state index contributed by atoms with van der Waals surface area (Å²) in [4.78, 5) is 27.3. The number of nitrogens with one attached hydrogen (secondary N) is 1. The van der Waals surface area contributed by atoms with Gasteiger partial charge in [-0.3, -0.25) is 9.78 Å². The molecule has 144 valence electrons. The number of anilines is 2. The van der Waals surface area contributed by atoms with Crippen molar-refractivity contribution in [2.75, 3.05) is 11.9 Å². The van der Waals surface area contributed by atoms with Gasteiger partial charge < -0.3 is 15.3 Å². The second-order valence-corrected chi connectivity index (χ2v) is 6.33. The van der Waals surface area contributed by atoms with Gasteiger partial charge in [-0.1, -0.05) is 31.2 Å². The molecule has 0 bridgehead atoms. The van der Waals surface area contributed by atoms with Gasteiger partial charge in [-0.05, 0) is 30.2 Å². The van der Waals surface area contributed by atoms with Crippen LogP contribution < -0.4 is 5.32 Å². The second kappa shape index (κ2) is 9.57. The highest BCUT2D eigenvalue weighted by Gasteiger charge is 2.24. The van der Waals surface area contributed by atoms with Crippen LogP contribution in [0.15, 0.2) is 67.3 Å². The topological polar surface area (TPSA) is 91.2 Å². The van der Waals surface area contributed by atoms with Crippen LogP contribution in [0.3, 0.4) is 0 Å². The summed E-state index contributed by atoms with van der Waals surface area (Å²) in [5.41, 5.74) is 2.13. The number of aliphatic hydroxyl groups is 1. The molecule has 1 aromatic carbocycles. The Hall–Kier alpha value is -3.32. The Bertz CT molecular complexity index is 868. The quantitative estimate of drug-likeness (QED) is 0.627. The summed E-state index contributed by atoms with van der Waals surface area (Å²) in [6.07, 6.45) is 7.04. The van der Waals surface area contributed by atoms with E-state index in [0.717, 1.165) is 11.3 Å². The molecule has 0 fully saturated rings. The maximum Gasteiger partial charge on any atom is 0.257 e. The Morgan fingerprint density at radius 1 is 1.11 bits per heavy atom. The molecule has 0 saturated heterocycles. The Labute approximate surface area is 164 Å². The van der Waals surface area contributed by atoms with Gasteiger partial charge in [0.1, 0.15) is 0 Å². The number of rotatable bonds is 8. The van der Waals surface area contributed by atoms with Gasteiger partial charge in [-0.25, -0.2) is 9.97 Å². The van der Waals surface area contributed by atoms with Crippen molar-refractivity contribution in [3.63, 3.8) is 0 Å². The number of pyridine rings is 1. The maximum absolute atomic E-state index is 13.1. The van der Waals surface area contributed by atoms with Crippen LogP contribution in [0.4, 0.5) is 11.6 Å². The first-order valence-electron chi connectivity index (χ1n) is 9.16. The Morgan fingerprint density at radius 3 is 2.46 bits per heavy atom. The molecule has 7 heteroatoms. The van der Waals surface area contributed by atoms with Gasteiger partial charge in [-0.2, -0.15) is 0 Å². The third-order valence-electron chi connectivity index (χ3n) is 4.39. The number of para-hydroxylation sites is 1. The standard InChI is InChI=1S/C21H23N5O2/c1-2-19(15-27)26(14-16-7-6-10-22-11-16)20(28)17-12-23-21(24-13-17)25-18-8-4-3-5-9-18/h3-13,19,27H,2,14-15H2,1H3,(H,23,24,25). The van der Waals surface area contributed by atoms with E-state index >= 15 is 0 Å². The summed E-state index contributed by atoms with van der Waals surface area (Å²) in [7, 11) is 0. The summed E-state index contributed by atoms with van der Waals surface area (Å²) in [5, 5.41) is 12.8. The van der Waals surface area contributed by atoms with E-state index in [1.165, 1.54) is 12.4 Å². The first-order valence-corrected chi connectivity index (χ1v) is 9.16. The minimum Gasteiger partial charge on any atom is -0.394 e. The number of nitrogens with zero attached hydrogens (tertiary/aromatic N) is 4. The van der Waals surface area contributed by atoms with Crippen molar-refractivity contribution in [2.45, 2.75) is 25.9 Å². The summed E-state index contributed by atoms with van der Waals surface area (Å²) in [6, 6.07) is 13.0. The highest BCUT2D eigenvalue weighted by atomic mass is 16.3. The molecule has 28 heavy (non-hydrogen) atoms. The Balaban J connectivity index is 1.77. The molecule has 0 aliphatic rings. The summed E-state index contributed by atoms with van der Waals surface area (Å²) in [5.74, 6) is 0.187. The molecule has 0 aliphatic carbocycles. The van der Waals surface area contributed by atoms with Crippen molar-refractivity contribution in [2.24, 2.45) is 0 Å². The first kappa shape index (κ1) is 19.4. The number of benzene rings is 1. The monoisotopic (exact) mass is 377 g/mol. The minimum absolute atomic E-state index is 0.114. The number of hydrogen-bond acceptors (Lipinski definition) is 6. The lowest BCUT2D eigenvalue weighted by Crippen LogP contribution is -2.41. The van der Waals surface area contributed by atoms with Gasteiger partial charge in [0, 0.05) is 37.0 Å². The van der Waals surface area contributed by atoms with Crippen LogP contribution in [0.25, 0.3) is 0 Å². The smallest absolute Gasteiger partial charge is 0.257 e. The lowest BCUT2D eigenvalue weighted by Gasteiger charge is -2.30. The zero-order chi connectivity index (χ0) is 19.8. The first-order chi connectivity index (χ1) is 13.7. The van der Waals surface area contributed by atoms with Gasteiger partial charge in [0.2, 0.25) is 5.95 Å². The van der Waals surface area contributed by atoms with Crippen molar-refractivity contribution >= 4 is 17.5 Å². The van der Waals surface area contributed by atoms with E-state index in [1.807, 2.05) is 49.4 Å². The fraction of sp³-hybridized carbons (Fsp3) is 0.238. The zero-order valence-electron chi connectivity index (χ0n) is 15.7. The number of carbonyl (C=O) groups excluding carboxylic acids is 1. The van der Waals surface area contributed by atoms with Gasteiger partial charge in [-0.15, -0.1) is 0 Å². The highest BCUT2D eigenvalue weighted by molar-refractivity contribution is 5.94. The molecule has 0 radical (unpaired) electrons. The molecule has 0 aliphatic heterocycles.